The molecule has 7 heteroatoms. The molecule has 1 unspecified atom stereocenters. The first-order valence-electron chi connectivity index (χ1n) is 4.57. The molecule has 1 aromatic carbocycles. The summed E-state index contributed by atoms with van der Waals surface area (Å²) in [6.45, 7) is 2.05. The second-order valence-corrected chi connectivity index (χ2v) is 4.01. The number of benzene rings is 1. The molecule has 0 aliphatic heterocycles. The van der Waals surface area contributed by atoms with E-state index in [1.807, 2.05) is 0 Å². The van der Waals surface area contributed by atoms with Crippen molar-refractivity contribution in [3.8, 4) is 0 Å². The maximum atomic E-state index is 10.5. The molecule has 0 saturated heterocycles. The molecule has 6 nitrogen and oxygen atoms in total. The number of rotatable bonds is 5. The van der Waals surface area contributed by atoms with Crippen LogP contribution in [-0.4, -0.2) is 20.2 Å². The van der Waals surface area contributed by atoms with Gasteiger partial charge in [0.05, 0.1) is 4.92 Å². The van der Waals surface area contributed by atoms with Crippen molar-refractivity contribution >= 4 is 17.0 Å². The van der Waals surface area contributed by atoms with Gasteiger partial charge in [-0.1, -0.05) is 6.07 Å². The number of nitro benzene ring substituents is 1. The third-order valence-corrected chi connectivity index (χ3v) is 2.59. The van der Waals surface area contributed by atoms with Crippen LogP contribution in [0, 0.1) is 17.0 Å². The van der Waals surface area contributed by atoms with Gasteiger partial charge in [0.1, 0.15) is 0 Å². The lowest BCUT2D eigenvalue weighted by atomic mass is 10.1. The zero-order chi connectivity index (χ0) is 12.1. The molecule has 1 aromatic rings. The van der Waals surface area contributed by atoms with Crippen molar-refractivity contribution in [1.82, 2.24) is 4.72 Å². The summed E-state index contributed by atoms with van der Waals surface area (Å²) in [6.07, 6.45) is 0.512. The number of nitrogens with zero attached hydrogens (tertiary/aromatic N) is 1. The maximum Gasteiger partial charge on any atom is 0.269 e. The average Bonchev–Trinajstić information content (AvgIpc) is 2.19. The molecule has 16 heavy (non-hydrogen) atoms. The maximum absolute atomic E-state index is 10.5. The molecule has 88 valence electrons. The van der Waals surface area contributed by atoms with Crippen LogP contribution in [-0.2, 0) is 17.7 Å². The van der Waals surface area contributed by atoms with E-state index in [0.717, 1.165) is 11.1 Å². The van der Waals surface area contributed by atoms with E-state index < -0.39 is 16.2 Å². The predicted molar refractivity (Wildman–Crippen MR) is 58.5 cm³/mol. The van der Waals surface area contributed by atoms with Gasteiger partial charge in [0, 0.05) is 29.9 Å². The molecule has 0 aliphatic rings. The lowest BCUT2D eigenvalue weighted by Gasteiger charge is -2.08. The molecule has 0 spiro atoms. The fourth-order valence-corrected chi connectivity index (χ4v) is 1.61. The zero-order valence-corrected chi connectivity index (χ0v) is 9.45. The Morgan fingerprint density at radius 1 is 1.50 bits per heavy atom. The van der Waals surface area contributed by atoms with Crippen LogP contribution >= 0.6 is 0 Å². The van der Waals surface area contributed by atoms with Gasteiger partial charge >= 0.3 is 0 Å². The molecular weight excluding hydrogens is 232 g/mol. The molecule has 0 aliphatic carbocycles. The number of non-ortho nitro benzene ring substituents is 1. The smallest absolute Gasteiger partial charge is 0.269 e. The van der Waals surface area contributed by atoms with Gasteiger partial charge in [-0.2, -0.15) is 0 Å². The van der Waals surface area contributed by atoms with E-state index in [9.17, 15) is 18.9 Å². The van der Waals surface area contributed by atoms with Gasteiger partial charge in [0.2, 0.25) is 0 Å². The van der Waals surface area contributed by atoms with Crippen molar-refractivity contribution in [2.45, 2.75) is 13.3 Å². The Morgan fingerprint density at radius 2 is 2.19 bits per heavy atom. The minimum atomic E-state index is -2.27. The number of nitrogens with one attached hydrogen (secondary N) is 1. The molecule has 0 radical (unpaired) electrons. The van der Waals surface area contributed by atoms with Crippen LogP contribution in [0.25, 0.3) is 0 Å². The largest absolute Gasteiger partial charge is 0.760 e. The quantitative estimate of drug-likeness (QED) is 0.470. The average molecular weight is 243 g/mol. The normalized spacial score (nSPS) is 12.4. The fraction of sp³-hybridized carbons (Fsp3) is 0.333. The highest BCUT2D eigenvalue weighted by molar-refractivity contribution is 7.77. The highest BCUT2D eigenvalue weighted by atomic mass is 32.2. The van der Waals surface area contributed by atoms with Crippen molar-refractivity contribution in [2.24, 2.45) is 0 Å². The molecule has 0 fully saturated rings. The zero-order valence-electron chi connectivity index (χ0n) is 8.63. The first-order chi connectivity index (χ1) is 7.50. The number of aryl methyl sites for hydroxylation is 1. The molecule has 0 bridgehead atoms. The van der Waals surface area contributed by atoms with E-state index in [0.29, 0.717) is 6.42 Å². The highest BCUT2D eigenvalue weighted by Gasteiger charge is 2.07. The molecule has 0 amide bonds. The van der Waals surface area contributed by atoms with Crippen LogP contribution < -0.4 is 4.72 Å². The number of hydrogen-bond donors (Lipinski definition) is 1. The Labute approximate surface area is 95.2 Å². The Balaban J connectivity index is 2.68. The van der Waals surface area contributed by atoms with Gasteiger partial charge in [-0.05, 0) is 24.5 Å². The van der Waals surface area contributed by atoms with Crippen molar-refractivity contribution < 1.29 is 13.7 Å². The van der Waals surface area contributed by atoms with E-state index in [-0.39, 0.29) is 12.2 Å². The van der Waals surface area contributed by atoms with Crippen LogP contribution in [0.4, 0.5) is 5.69 Å². The summed E-state index contributed by atoms with van der Waals surface area (Å²) in [6, 6.07) is 4.53. The molecule has 1 rings (SSSR count). The molecule has 0 saturated carbocycles. The van der Waals surface area contributed by atoms with Gasteiger partial charge in [0.25, 0.3) is 5.69 Å². The highest BCUT2D eigenvalue weighted by Crippen LogP contribution is 2.17. The van der Waals surface area contributed by atoms with E-state index in [2.05, 4.69) is 4.72 Å². The van der Waals surface area contributed by atoms with E-state index >= 15 is 0 Å². The Kier molecular flexibility index (Phi) is 4.53. The van der Waals surface area contributed by atoms with Gasteiger partial charge < -0.3 is 4.55 Å². The van der Waals surface area contributed by atoms with Crippen LogP contribution in [0.1, 0.15) is 11.1 Å². The lowest BCUT2D eigenvalue weighted by Crippen LogP contribution is -2.19. The van der Waals surface area contributed by atoms with Crippen LogP contribution in [0.5, 0.6) is 0 Å². The second-order valence-electron chi connectivity index (χ2n) is 3.25. The van der Waals surface area contributed by atoms with Gasteiger partial charge in [-0.25, -0.2) is 4.72 Å². The monoisotopic (exact) mass is 243 g/mol. The summed E-state index contributed by atoms with van der Waals surface area (Å²) in [5, 5.41) is 10.5. The fourth-order valence-electron chi connectivity index (χ4n) is 1.34. The summed E-state index contributed by atoms with van der Waals surface area (Å²) in [4.78, 5) is 10.0. The first-order valence-corrected chi connectivity index (χ1v) is 5.65. The van der Waals surface area contributed by atoms with Crippen molar-refractivity contribution in [3.05, 3.63) is 39.4 Å². The standard InChI is InChI=1S/C9H12N2O4S/c1-7-6-9(11(12)13)3-2-8(7)4-5-10-16(14)15/h2-3,6,10H,4-5H2,1H3,(H,14,15)/p-1. The minimum Gasteiger partial charge on any atom is -0.760 e. The summed E-state index contributed by atoms with van der Waals surface area (Å²) in [5.41, 5.74) is 1.72. The summed E-state index contributed by atoms with van der Waals surface area (Å²) >= 11 is -2.27. The molecule has 1 N–H and O–H groups in total. The van der Waals surface area contributed by atoms with Crippen LogP contribution in [0.15, 0.2) is 18.2 Å². The lowest BCUT2D eigenvalue weighted by molar-refractivity contribution is -0.384. The topological polar surface area (TPSA) is 95.3 Å². The predicted octanol–water partition coefficient (Wildman–Crippen LogP) is 0.829. The second kappa shape index (κ2) is 5.69. The summed E-state index contributed by atoms with van der Waals surface area (Å²) < 4.78 is 22.7. The number of nitro groups is 1. The Hall–Kier alpha value is -1.31. The van der Waals surface area contributed by atoms with Crippen LogP contribution in [0.2, 0.25) is 0 Å². The van der Waals surface area contributed by atoms with Crippen LogP contribution in [0.3, 0.4) is 0 Å². The van der Waals surface area contributed by atoms with Gasteiger partial charge in [-0.15, -0.1) is 0 Å². The number of hydrogen-bond acceptors (Lipinski definition) is 4. The molecule has 1 atom stereocenters. The van der Waals surface area contributed by atoms with Gasteiger partial charge in [-0.3, -0.25) is 14.3 Å². The molecule has 0 aromatic heterocycles. The Morgan fingerprint density at radius 3 is 2.69 bits per heavy atom. The van der Waals surface area contributed by atoms with Gasteiger partial charge in [0.15, 0.2) is 0 Å². The third kappa shape index (κ3) is 3.69. The van der Waals surface area contributed by atoms with E-state index in [1.165, 1.54) is 12.1 Å². The van der Waals surface area contributed by atoms with Crippen molar-refractivity contribution in [1.29, 1.82) is 0 Å². The Bertz CT molecular complexity index is 422. The summed E-state index contributed by atoms with van der Waals surface area (Å²) in [5.74, 6) is 0. The van der Waals surface area contributed by atoms with E-state index in [1.54, 1.807) is 13.0 Å². The van der Waals surface area contributed by atoms with Crippen molar-refractivity contribution in [2.75, 3.05) is 6.54 Å². The minimum absolute atomic E-state index is 0.0432. The van der Waals surface area contributed by atoms with E-state index in [4.69, 9.17) is 0 Å². The molecule has 0 heterocycles. The molecular formula is C9H11N2O4S-. The third-order valence-electron chi connectivity index (χ3n) is 2.15. The first kappa shape index (κ1) is 12.8. The van der Waals surface area contributed by atoms with Crippen molar-refractivity contribution in [3.63, 3.8) is 0 Å². The SMILES string of the molecule is Cc1cc([N+](=O)[O-])ccc1CCNS(=O)[O-]. The summed E-state index contributed by atoms with van der Waals surface area (Å²) in [7, 11) is 0.